The Labute approximate surface area is 116 Å². The van der Waals surface area contributed by atoms with Crippen molar-refractivity contribution in [3.8, 4) is 5.88 Å². The van der Waals surface area contributed by atoms with Gasteiger partial charge in [-0.2, -0.15) is 5.10 Å². The molecular weight excluding hydrogens is 240 g/mol. The number of aliphatic hydroxyl groups is 1. The van der Waals surface area contributed by atoms with Crippen molar-refractivity contribution in [2.75, 3.05) is 7.11 Å². The van der Waals surface area contributed by atoms with Crippen LogP contribution in [0.25, 0.3) is 0 Å². The molecule has 0 aliphatic rings. The molecule has 4 heteroatoms. The van der Waals surface area contributed by atoms with Crippen LogP contribution in [0.3, 0.4) is 0 Å². The lowest BCUT2D eigenvalue weighted by molar-refractivity contribution is 0.158. The van der Waals surface area contributed by atoms with Crippen LogP contribution in [-0.4, -0.2) is 22.0 Å². The molecule has 0 saturated heterocycles. The normalized spacial score (nSPS) is 12.7. The molecule has 0 radical (unpaired) electrons. The Morgan fingerprint density at radius 2 is 1.84 bits per heavy atom. The summed E-state index contributed by atoms with van der Waals surface area (Å²) in [7, 11) is 3.46. The minimum atomic E-state index is -0.463. The molecule has 0 saturated carbocycles. The Balaban J connectivity index is 2.43. The summed E-state index contributed by atoms with van der Waals surface area (Å²) in [4.78, 5) is 0. The van der Waals surface area contributed by atoms with E-state index in [-0.39, 0.29) is 0 Å². The summed E-state index contributed by atoms with van der Waals surface area (Å²) in [5, 5.41) is 14.6. The van der Waals surface area contributed by atoms with E-state index in [1.54, 1.807) is 11.8 Å². The first-order valence-electron chi connectivity index (χ1n) is 7.37. The van der Waals surface area contributed by atoms with E-state index in [1.807, 2.05) is 14.0 Å². The molecule has 1 N–H and O–H groups in total. The fraction of sp³-hybridized carbons (Fsp3) is 0.800. The van der Waals surface area contributed by atoms with Crippen molar-refractivity contribution < 1.29 is 9.84 Å². The number of unbranched alkanes of at least 4 members (excludes halogenated alkanes) is 5. The van der Waals surface area contributed by atoms with Crippen molar-refractivity contribution in [2.24, 2.45) is 7.05 Å². The molecule has 0 spiro atoms. The summed E-state index contributed by atoms with van der Waals surface area (Å²) in [6.45, 7) is 4.14. The van der Waals surface area contributed by atoms with Gasteiger partial charge in [-0.25, -0.2) is 4.68 Å². The third-order valence-corrected chi connectivity index (χ3v) is 3.57. The maximum atomic E-state index is 10.3. The number of hydrogen-bond donors (Lipinski definition) is 1. The molecule has 0 amide bonds. The highest BCUT2D eigenvalue weighted by Gasteiger charge is 2.20. The zero-order valence-corrected chi connectivity index (χ0v) is 12.8. The third-order valence-electron chi connectivity index (χ3n) is 3.57. The van der Waals surface area contributed by atoms with Crippen LogP contribution < -0.4 is 4.74 Å². The minimum Gasteiger partial charge on any atom is -0.481 e. The average Bonchev–Trinajstić information content (AvgIpc) is 2.67. The second kappa shape index (κ2) is 8.20. The Hall–Kier alpha value is -1.03. The van der Waals surface area contributed by atoms with Gasteiger partial charge in [0.25, 0.3) is 0 Å². The van der Waals surface area contributed by atoms with E-state index in [2.05, 4.69) is 12.0 Å². The molecule has 1 heterocycles. The molecule has 1 aromatic heterocycles. The Kier molecular flexibility index (Phi) is 6.92. The smallest absolute Gasteiger partial charge is 0.217 e. The number of rotatable bonds is 9. The van der Waals surface area contributed by atoms with Gasteiger partial charge in [-0.05, 0) is 13.3 Å². The second-order valence-corrected chi connectivity index (χ2v) is 5.20. The number of nitrogens with zero attached hydrogens (tertiary/aromatic N) is 2. The monoisotopic (exact) mass is 268 g/mol. The highest BCUT2D eigenvalue weighted by atomic mass is 16.5. The Bertz CT molecular complexity index is 374. The fourth-order valence-corrected chi connectivity index (χ4v) is 2.54. The zero-order chi connectivity index (χ0) is 14.3. The Morgan fingerprint density at radius 1 is 1.21 bits per heavy atom. The molecule has 0 aliphatic heterocycles. The number of aromatic nitrogens is 2. The Morgan fingerprint density at radius 3 is 2.47 bits per heavy atom. The number of hydrogen-bond acceptors (Lipinski definition) is 3. The lowest BCUT2D eigenvalue weighted by Crippen LogP contribution is -2.02. The molecule has 1 aromatic rings. The minimum absolute atomic E-state index is 0.463. The van der Waals surface area contributed by atoms with E-state index < -0.39 is 6.10 Å². The van der Waals surface area contributed by atoms with Crippen LogP contribution in [0.15, 0.2) is 0 Å². The van der Waals surface area contributed by atoms with Gasteiger partial charge in [-0.3, -0.25) is 0 Å². The van der Waals surface area contributed by atoms with Crippen LogP contribution in [0.1, 0.15) is 69.2 Å². The van der Waals surface area contributed by atoms with Gasteiger partial charge in [0.05, 0.1) is 24.5 Å². The summed E-state index contributed by atoms with van der Waals surface area (Å²) in [6.07, 6.45) is 7.74. The zero-order valence-electron chi connectivity index (χ0n) is 12.8. The highest BCUT2D eigenvalue weighted by Crippen LogP contribution is 2.31. The first-order chi connectivity index (χ1) is 9.11. The van der Waals surface area contributed by atoms with Crippen LogP contribution in [0.5, 0.6) is 5.88 Å². The van der Waals surface area contributed by atoms with Crippen LogP contribution >= 0.6 is 0 Å². The summed E-state index contributed by atoms with van der Waals surface area (Å²) < 4.78 is 7.01. The molecular formula is C15H28N2O2. The molecule has 1 atom stereocenters. The lowest BCUT2D eigenvalue weighted by Gasteiger charge is -2.12. The van der Waals surface area contributed by atoms with Crippen molar-refractivity contribution in [1.82, 2.24) is 9.78 Å². The van der Waals surface area contributed by atoms with Gasteiger partial charge >= 0.3 is 0 Å². The quantitative estimate of drug-likeness (QED) is 0.697. The van der Waals surface area contributed by atoms with Crippen molar-refractivity contribution >= 4 is 0 Å². The van der Waals surface area contributed by atoms with Crippen molar-refractivity contribution in [1.29, 1.82) is 0 Å². The topological polar surface area (TPSA) is 47.3 Å². The molecule has 4 nitrogen and oxygen atoms in total. The molecule has 1 unspecified atom stereocenters. The lowest BCUT2D eigenvalue weighted by atomic mass is 10.0. The van der Waals surface area contributed by atoms with Gasteiger partial charge in [0, 0.05) is 7.05 Å². The molecule has 110 valence electrons. The average molecular weight is 268 g/mol. The number of ether oxygens (including phenoxy) is 1. The van der Waals surface area contributed by atoms with Crippen LogP contribution in [0, 0.1) is 6.92 Å². The number of aryl methyl sites for hydroxylation is 2. The summed E-state index contributed by atoms with van der Waals surface area (Å²) >= 11 is 0. The van der Waals surface area contributed by atoms with Gasteiger partial charge in [-0.1, -0.05) is 45.4 Å². The SMILES string of the molecule is CCCCCCCCC(O)c1c(C)nn(C)c1OC. The van der Waals surface area contributed by atoms with E-state index in [1.165, 1.54) is 32.1 Å². The maximum Gasteiger partial charge on any atom is 0.217 e. The predicted octanol–water partition coefficient (Wildman–Crippen LogP) is 3.52. The van der Waals surface area contributed by atoms with E-state index in [9.17, 15) is 5.11 Å². The van der Waals surface area contributed by atoms with Crippen molar-refractivity contribution in [3.63, 3.8) is 0 Å². The molecule has 0 fully saturated rings. The molecule has 1 rings (SSSR count). The molecule has 0 bridgehead atoms. The van der Waals surface area contributed by atoms with Gasteiger partial charge in [0.1, 0.15) is 0 Å². The largest absolute Gasteiger partial charge is 0.481 e. The van der Waals surface area contributed by atoms with E-state index in [0.717, 1.165) is 24.1 Å². The van der Waals surface area contributed by atoms with Gasteiger partial charge in [-0.15, -0.1) is 0 Å². The summed E-state index contributed by atoms with van der Waals surface area (Å²) in [6, 6.07) is 0. The maximum absolute atomic E-state index is 10.3. The summed E-state index contributed by atoms with van der Waals surface area (Å²) in [5.74, 6) is 0.677. The van der Waals surface area contributed by atoms with Crippen LogP contribution in [0.4, 0.5) is 0 Å². The third kappa shape index (κ3) is 4.53. The van der Waals surface area contributed by atoms with Gasteiger partial charge < -0.3 is 9.84 Å². The van der Waals surface area contributed by atoms with Gasteiger partial charge in [0.2, 0.25) is 5.88 Å². The molecule has 0 aromatic carbocycles. The van der Waals surface area contributed by atoms with Crippen LogP contribution in [-0.2, 0) is 7.05 Å². The first kappa shape index (κ1) is 16.0. The standard InChI is InChI=1S/C15H28N2O2/c1-5-6-7-8-9-10-11-13(18)14-12(2)16-17(3)15(14)19-4/h13,18H,5-11H2,1-4H3. The summed E-state index contributed by atoms with van der Waals surface area (Å²) in [5.41, 5.74) is 1.70. The van der Waals surface area contributed by atoms with E-state index in [0.29, 0.717) is 5.88 Å². The fourth-order valence-electron chi connectivity index (χ4n) is 2.54. The van der Waals surface area contributed by atoms with E-state index >= 15 is 0 Å². The highest BCUT2D eigenvalue weighted by molar-refractivity contribution is 5.33. The first-order valence-corrected chi connectivity index (χ1v) is 7.37. The van der Waals surface area contributed by atoms with Crippen LogP contribution in [0.2, 0.25) is 0 Å². The van der Waals surface area contributed by atoms with Crippen molar-refractivity contribution in [2.45, 2.75) is 64.9 Å². The van der Waals surface area contributed by atoms with Crippen molar-refractivity contribution in [3.05, 3.63) is 11.3 Å². The molecule has 0 aliphatic carbocycles. The predicted molar refractivity (Wildman–Crippen MR) is 77.4 cm³/mol. The second-order valence-electron chi connectivity index (χ2n) is 5.20. The van der Waals surface area contributed by atoms with Gasteiger partial charge in [0.15, 0.2) is 0 Å². The van der Waals surface area contributed by atoms with E-state index in [4.69, 9.17) is 4.74 Å². The molecule has 19 heavy (non-hydrogen) atoms. The number of aliphatic hydroxyl groups excluding tert-OH is 1. The number of methoxy groups -OCH3 is 1.